The molecule has 0 saturated carbocycles. The van der Waals surface area contributed by atoms with Gasteiger partial charge < -0.3 is 9.30 Å². The van der Waals surface area contributed by atoms with Crippen LogP contribution in [0, 0.1) is 13.8 Å². The van der Waals surface area contributed by atoms with Crippen LogP contribution in [0.2, 0.25) is 0 Å². The molecule has 0 atom stereocenters. The van der Waals surface area contributed by atoms with Crippen molar-refractivity contribution < 1.29 is 9.53 Å². The summed E-state index contributed by atoms with van der Waals surface area (Å²) >= 11 is 2.76. The van der Waals surface area contributed by atoms with Gasteiger partial charge in [-0.3, -0.25) is 10.1 Å². The molecule has 0 aliphatic rings. The van der Waals surface area contributed by atoms with Gasteiger partial charge in [-0.1, -0.05) is 42.2 Å². The van der Waals surface area contributed by atoms with E-state index in [1.54, 1.807) is 0 Å². The standard InChI is InChI=1S/C20H26N6O2S2/c1-5-7-18-23-24-19(30-18)21-17(27)12-29-20-25-22-16(26(20)6-2)11-28-15-10-13(3)8-9-14(15)4/h8-10H,5-7,11-12H2,1-4H3,(H,21,24,27). The van der Waals surface area contributed by atoms with Crippen molar-refractivity contribution in [1.82, 2.24) is 25.0 Å². The third kappa shape index (κ3) is 5.79. The first-order valence-corrected chi connectivity index (χ1v) is 11.7. The van der Waals surface area contributed by atoms with E-state index in [-0.39, 0.29) is 11.7 Å². The number of nitrogens with one attached hydrogen (secondary N) is 1. The second-order valence-corrected chi connectivity index (χ2v) is 8.79. The van der Waals surface area contributed by atoms with E-state index in [0.29, 0.717) is 23.4 Å². The van der Waals surface area contributed by atoms with Crippen LogP contribution in [0.5, 0.6) is 5.75 Å². The number of hydrogen-bond acceptors (Lipinski definition) is 8. The van der Waals surface area contributed by atoms with E-state index in [1.807, 2.05) is 37.5 Å². The smallest absolute Gasteiger partial charge is 0.236 e. The molecule has 1 amide bonds. The Morgan fingerprint density at radius 1 is 1.20 bits per heavy atom. The molecule has 3 aromatic rings. The van der Waals surface area contributed by atoms with Crippen molar-refractivity contribution in [3.8, 4) is 5.75 Å². The number of aromatic nitrogens is 5. The summed E-state index contributed by atoms with van der Waals surface area (Å²) in [5, 5.41) is 21.5. The molecule has 0 fully saturated rings. The van der Waals surface area contributed by atoms with Crippen LogP contribution in [0.25, 0.3) is 0 Å². The van der Waals surface area contributed by atoms with Crippen LogP contribution in [-0.4, -0.2) is 36.6 Å². The first-order valence-electron chi connectivity index (χ1n) is 9.87. The molecule has 0 spiro atoms. The highest BCUT2D eigenvalue weighted by atomic mass is 32.2. The first kappa shape index (κ1) is 22.2. The lowest BCUT2D eigenvalue weighted by Gasteiger charge is -2.11. The molecule has 10 heteroatoms. The fourth-order valence-electron chi connectivity index (χ4n) is 2.76. The van der Waals surface area contributed by atoms with Gasteiger partial charge in [0, 0.05) is 13.0 Å². The lowest BCUT2D eigenvalue weighted by atomic mass is 10.1. The Bertz CT molecular complexity index is 1000. The predicted molar refractivity (Wildman–Crippen MR) is 119 cm³/mol. The average molecular weight is 447 g/mol. The van der Waals surface area contributed by atoms with E-state index >= 15 is 0 Å². The Hall–Kier alpha value is -2.46. The second kappa shape index (κ2) is 10.5. The van der Waals surface area contributed by atoms with Gasteiger partial charge in [0.25, 0.3) is 0 Å². The molecule has 2 heterocycles. The Kier molecular flexibility index (Phi) is 7.81. The van der Waals surface area contributed by atoms with Crippen molar-refractivity contribution in [2.24, 2.45) is 0 Å². The Morgan fingerprint density at radius 3 is 2.80 bits per heavy atom. The number of carbonyl (C=O) groups excluding carboxylic acids is 1. The van der Waals surface area contributed by atoms with Crippen LogP contribution in [0.3, 0.4) is 0 Å². The molecule has 0 unspecified atom stereocenters. The highest BCUT2D eigenvalue weighted by Crippen LogP contribution is 2.22. The lowest BCUT2D eigenvalue weighted by Crippen LogP contribution is -2.14. The average Bonchev–Trinajstić information content (AvgIpc) is 3.33. The number of anilines is 1. The van der Waals surface area contributed by atoms with Crippen molar-refractivity contribution in [3.63, 3.8) is 0 Å². The summed E-state index contributed by atoms with van der Waals surface area (Å²) in [4.78, 5) is 12.3. The predicted octanol–water partition coefficient (Wildman–Crippen LogP) is 4.03. The zero-order valence-corrected chi connectivity index (χ0v) is 19.3. The largest absolute Gasteiger partial charge is 0.485 e. The van der Waals surface area contributed by atoms with E-state index in [1.165, 1.54) is 23.1 Å². The summed E-state index contributed by atoms with van der Waals surface area (Å²) in [6.07, 6.45) is 1.87. The number of nitrogens with zero attached hydrogens (tertiary/aromatic N) is 5. The Morgan fingerprint density at radius 2 is 2.03 bits per heavy atom. The van der Waals surface area contributed by atoms with Crippen LogP contribution >= 0.6 is 23.1 Å². The quantitative estimate of drug-likeness (QED) is 0.470. The number of ether oxygens (including phenoxy) is 1. The molecule has 1 aromatic carbocycles. The minimum Gasteiger partial charge on any atom is -0.485 e. The molecule has 8 nitrogen and oxygen atoms in total. The molecule has 1 N–H and O–H groups in total. The van der Waals surface area contributed by atoms with Gasteiger partial charge in [-0.2, -0.15) is 0 Å². The summed E-state index contributed by atoms with van der Waals surface area (Å²) in [7, 11) is 0. The molecule has 30 heavy (non-hydrogen) atoms. The van der Waals surface area contributed by atoms with Crippen molar-refractivity contribution in [2.75, 3.05) is 11.1 Å². The lowest BCUT2D eigenvalue weighted by molar-refractivity contribution is -0.113. The van der Waals surface area contributed by atoms with E-state index in [9.17, 15) is 4.79 Å². The number of amides is 1. The highest BCUT2D eigenvalue weighted by molar-refractivity contribution is 7.99. The fraction of sp³-hybridized carbons (Fsp3) is 0.450. The maximum absolute atomic E-state index is 12.3. The number of thioether (sulfide) groups is 1. The van der Waals surface area contributed by atoms with Crippen LogP contribution in [0.4, 0.5) is 5.13 Å². The Balaban J connectivity index is 1.56. The molecule has 0 bridgehead atoms. The third-order valence-corrected chi connectivity index (χ3v) is 6.18. The molecule has 0 radical (unpaired) electrons. The van der Waals surface area contributed by atoms with Crippen LogP contribution < -0.4 is 10.1 Å². The van der Waals surface area contributed by atoms with Gasteiger partial charge >= 0.3 is 0 Å². The van der Waals surface area contributed by atoms with Crippen molar-refractivity contribution >= 4 is 34.1 Å². The zero-order chi connectivity index (χ0) is 21.5. The molecule has 0 aliphatic heterocycles. The van der Waals surface area contributed by atoms with Crippen LogP contribution in [0.1, 0.15) is 42.2 Å². The number of aryl methyl sites for hydroxylation is 3. The second-order valence-electron chi connectivity index (χ2n) is 6.79. The molecular formula is C20H26N6O2S2. The summed E-state index contributed by atoms with van der Waals surface area (Å²) in [5.74, 6) is 1.65. The monoisotopic (exact) mass is 446 g/mol. The fourth-order valence-corrected chi connectivity index (χ4v) is 4.44. The molecule has 160 valence electrons. The van der Waals surface area contributed by atoms with Gasteiger partial charge in [0.1, 0.15) is 17.4 Å². The maximum Gasteiger partial charge on any atom is 0.236 e. The summed E-state index contributed by atoms with van der Waals surface area (Å²) in [6.45, 7) is 9.17. The van der Waals surface area contributed by atoms with Gasteiger partial charge in [-0.15, -0.1) is 20.4 Å². The number of hydrogen-bond donors (Lipinski definition) is 1. The van der Waals surface area contributed by atoms with Gasteiger partial charge in [-0.25, -0.2) is 0 Å². The zero-order valence-electron chi connectivity index (χ0n) is 17.6. The number of rotatable bonds is 10. The molecule has 3 rings (SSSR count). The van der Waals surface area contributed by atoms with Gasteiger partial charge in [-0.05, 0) is 44.4 Å². The van der Waals surface area contributed by atoms with E-state index in [2.05, 4.69) is 38.7 Å². The first-order chi connectivity index (χ1) is 14.5. The summed E-state index contributed by atoms with van der Waals surface area (Å²) in [5.41, 5.74) is 2.22. The van der Waals surface area contributed by atoms with E-state index in [0.717, 1.165) is 40.6 Å². The van der Waals surface area contributed by atoms with E-state index in [4.69, 9.17) is 4.74 Å². The molecule has 0 saturated heterocycles. The molecule has 2 aromatic heterocycles. The third-order valence-electron chi connectivity index (χ3n) is 4.32. The van der Waals surface area contributed by atoms with Gasteiger partial charge in [0.15, 0.2) is 11.0 Å². The topological polar surface area (TPSA) is 94.8 Å². The number of carbonyl (C=O) groups is 1. The van der Waals surface area contributed by atoms with Crippen molar-refractivity contribution in [3.05, 3.63) is 40.2 Å². The Labute approximate surface area is 184 Å². The van der Waals surface area contributed by atoms with Crippen LogP contribution in [0.15, 0.2) is 23.4 Å². The normalized spacial score (nSPS) is 10.9. The van der Waals surface area contributed by atoms with Crippen LogP contribution in [-0.2, 0) is 24.4 Å². The van der Waals surface area contributed by atoms with Crippen molar-refractivity contribution in [1.29, 1.82) is 0 Å². The summed E-state index contributed by atoms with van der Waals surface area (Å²) in [6, 6.07) is 6.11. The van der Waals surface area contributed by atoms with Gasteiger partial charge in [0.2, 0.25) is 11.0 Å². The highest BCUT2D eigenvalue weighted by Gasteiger charge is 2.15. The van der Waals surface area contributed by atoms with Crippen molar-refractivity contribution in [2.45, 2.75) is 58.8 Å². The van der Waals surface area contributed by atoms with Gasteiger partial charge in [0.05, 0.1) is 5.75 Å². The molecular weight excluding hydrogens is 420 g/mol. The number of benzene rings is 1. The van der Waals surface area contributed by atoms with E-state index < -0.39 is 0 Å². The minimum atomic E-state index is -0.141. The maximum atomic E-state index is 12.3. The minimum absolute atomic E-state index is 0.141. The summed E-state index contributed by atoms with van der Waals surface area (Å²) < 4.78 is 7.93. The molecule has 0 aliphatic carbocycles. The SMILES string of the molecule is CCCc1nnc(NC(=O)CSc2nnc(COc3cc(C)ccc3C)n2CC)s1.